The second kappa shape index (κ2) is 5.98. The summed E-state index contributed by atoms with van der Waals surface area (Å²) in [6, 6.07) is 9.90. The van der Waals surface area contributed by atoms with E-state index in [4.69, 9.17) is 0 Å². The van der Waals surface area contributed by atoms with Crippen LogP contribution in [-0.2, 0) is 11.2 Å². The van der Waals surface area contributed by atoms with Gasteiger partial charge in [-0.1, -0.05) is 30.3 Å². The molecular formula is C14H20N2O2. The minimum Gasteiger partial charge on any atom is -0.378 e. The number of rotatable bonds is 4. The molecule has 0 radical (unpaired) electrons. The first-order chi connectivity index (χ1) is 8.68. The predicted molar refractivity (Wildman–Crippen MR) is 69.9 cm³/mol. The number of likely N-dealkylation sites (tertiary alicyclic amines) is 1. The normalized spacial score (nSPS) is 24.1. The van der Waals surface area contributed by atoms with Crippen molar-refractivity contribution in [3.05, 3.63) is 35.9 Å². The lowest BCUT2D eigenvalue weighted by atomic mass is 10.1. The van der Waals surface area contributed by atoms with Gasteiger partial charge in [0.2, 0.25) is 5.91 Å². The van der Waals surface area contributed by atoms with Crippen molar-refractivity contribution in [2.24, 2.45) is 0 Å². The van der Waals surface area contributed by atoms with E-state index < -0.39 is 6.23 Å². The summed E-state index contributed by atoms with van der Waals surface area (Å²) >= 11 is 0. The maximum Gasteiger partial charge on any atom is 0.237 e. The summed E-state index contributed by atoms with van der Waals surface area (Å²) in [5.41, 5.74) is 1.22. The van der Waals surface area contributed by atoms with Crippen LogP contribution < -0.4 is 5.32 Å². The quantitative estimate of drug-likeness (QED) is 0.827. The largest absolute Gasteiger partial charge is 0.378 e. The third kappa shape index (κ3) is 3.09. The molecule has 4 nitrogen and oxygen atoms in total. The Bertz CT molecular complexity index is 394. The second-order valence-corrected chi connectivity index (χ2v) is 4.77. The lowest BCUT2D eigenvalue weighted by Gasteiger charge is -2.21. The number of aliphatic hydroxyl groups is 1. The summed E-state index contributed by atoms with van der Waals surface area (Å²) in [6.45, 7) is 0.642. The number of nitrogens with one attached hydrogen (secondary N) is 1. The number of carbonyl (C=O) groups is 1. The monoisotopic (exact) mass is 248 g/mol. The molecule has 1 aromatic carbocycles. The molecule has 1 aromatic rings. The summed E-state index contributed by atoms with van der Waals surface area (Å²) < 4.78 is 0. The van der Waals surface area contributed by atoms with Gasteiger partial charge in [0.15, 0.2) is 0 Å². The SMILES string of the molecule is CN1C(C(=O)NCCc2ccccc2)CC[C@@H]1O. The van der Waals surface area contributed by atoms with Crippen LogP contribution in [0.4, 0.5) is 0 Å². The second-order valence-electron chi connectivity index (χ2n) is 4.77. The maximum absolute atomic E-state index is 11.9. The zero-order chi connectivity index (χ0) is 13.0. The van der Waals surface area contributed by atoms with Gasteiger partial charge in [0.25, 0.3) is 0 Å². The summed E-state index contributed by atoms with van der Waals surface area (Å²) in [4.78, 5) is 13.7. The molecule has 2 atom stereocenters. The molecule has 1 aliphatic rings. The Morgan fingerprint density at radius 3 is 2.72 bits per heavy atom. The Balaban J connectivity index is 1.76. The maximum atomic E-state index is 11.9. The highest BCUT2D eigenvalue weighted by Gasteiger charge is 2.33. The highest BCUT2D eigenvalue weighted by Crippen LogP contribution is 2.20. The molecule has 0 aromatic heterocycles. The lowest BCUT2D eigenvalue weighted by Crippen LogP contribution is -2.44. The summed E-state index contributed by atoms with van der Waals surface area (Å²) in [5.74, 6) is 0.0185. The van der Waals surface area contributed by atoms with Crippen molar-refractivity contribution >= 4 is 5.91 Å². The fourth-order valence-electron chi connectivity index (χ4n) is 2.33. The number of benzene rings is 1. The van der Waals surface area contributed by atoms with E-state index >= 15 is 0 Å². The Kier molecular flexibility index (Phi) is 4.33. The van der Waals surface area contributed by atoms with Crippen LogP contribution in [0, 0.1) is 0 Å². The average Bonchev–Trinajstić information content (AvgIpc) is 2.71. The van der Waals surface area contributed by atoms with Crippen LogP contribution in [0.2, 0.25) is 0 Å². The Hall–Kier alpha value is -1.39. The first kappa shape index (κ1) is 13.1. The molecule has 1 aliphatic heterocycles. The minimum atomic E-state index is -0.477. The molecule has 4 heteroatoms. The zero-order valence-electron chi connectivity index (χ0n) is 10.7. The number of aliphatic hydroxyl groups excluding tert-OH is 1. The van der Waals surface area contributed by atoms with Crippen molar-refractivity contribution < 1.29 is 9.90 Å². The molecule has 1 saturated heterocycles. The standard InChI is InChI=1S/C14H20N2O2/c1-16-12(7-8-13(16)17)14(18)15-10-9-11-5-3-2-4-6-11/h2-6,12-13,17H,7-10H2,1H3,(H,15,18)/t12?,13-/m0/s1. The van der Waals surface area contributed by atoms with Crippen LogP contribution in [0.15, 0.2) is 30.3 Å². The van der Waals surface area contributed by atoms with Crippen LogP contribution in [0.5, 0.6) is 0 Å². The van der Waals surface area contributed by atoms with Gasteiger partial charge in [-0.05, 0) is 31.9 Å². The molecule has 1 amide bonds. The van der Waals surface area contributed by atoms with Gasteiger partial charge >= 0.3 is 0 Å². The van der Waals surface area contributed by atoms with Gasteiger partial charge in [-0.25, -0.2) is 0 Å². The van der Waals surface area contributed by atoms with E-state index in [-0.39, 0.29) is 11.9 Å². The number of likely N-dealkylation sites (N-methyl/N-ethyl adjacent to an activating group) is 1. The molecular weight excluding hydrogens is 228 g/mol. The van der Waals surface area contributed by atoms with Gasteiger partial charge in [0, 0.05) is 6.54 Å². The molecule has 2 rings (SSSR count). The molecule has 98 valence electrons. The van der Waals surface area contributed by atoms with Crippen LogP contribution in [-0.4, -0.2) is 41.8 Å². The van der Waals surface area contributed by atoms with Crippen molar-refractivity contribution in [3.8, 4) is 0 Å². The fourth-order valence-corrected chi connectivity index (χ4v) is 2.33. The number of hydrogen-bond acceptors (Lipinski definition) is 3. The molecule has 18 heavy (non-hydrogen) atoms. The highest BCUT2D eigenvalue weighted by molar-refractivity contribution is 5.82. The third-order valence-electron chi connectivity index (χ3n) is 3.52. The molecule has 0 aliphatic carbocycles. The smallest absolute Gasteiger partial charge is 0.237 e. The van der Waals surface area contributed by atoms with E-state index in [0.29, 0.717) is 13.0 Å². The van der Waals surface area contributed by atoms with Crippen LogP contribution in [0.25, 0.3) is 0 Å². The first-order valence-corrected chi connectivity index (χ1v) is 6.40. The van der Waals surface area contributed by atoms with Gasteiger partial charge in [-0.2, -0.15) is 0 Å². The van der Waals surface area contributed by atoms with Crippen LogP contribution in [0.3, 0.4) is 0 Å². The van der Waals surface area contributed by atoms with E-state index in [1.165, 1.54) is 5.56 Å². The van der Waals surface area contributed by atoms with Crippen molar-refractivity contribution in [3.63, 3.8) is 0 Å². The molecule has 1 unspecified atom stereocenters. The Morgan fingerprint density at radius 1 is 1.39 bits per heavy atom. The number of hydrogen-bond donors (Lipinski definition) is 2. The molecule has 0 spiro atoms. The molecule has 0 bridgehead atoms. The van der Waals surface area contributed by atoms with Crippen molar-refractivity contribution in [2.45, 2.75) is 31.5 Å². The molecule has 1 heterocycles. The molecule has 2 N–H and O–H groups in total. The van der Waals surface area contributed by atoms with E-state index in [9.17, 15) is 9.90 Å². The van der Waals surface area contributed by atoms with Gasteiger partial charge in [0.1, 0.15) is 6.23 Å². The van der Waals surface area contributed by atoms with Gasteiger partial charge < -0.3 is 10.4 Å². The number of carbonyl (C=O) groups excluding carboxylic acids is 1. The van der Waals surface area contributed by atoms with Crippen LogP contribution in [0.1, 0.15) is 18.4 Å². The lowest BCUT2D eigenvalue weighted by molar-refractivity contribution is -0.126. The van der Waals surface area contributed by atoms with Crippen LogP contribution >= 0.6 is 0 Å². The Morgan fingerprint density at radius 2 is 2.11 bits per heavy atom. The summed E-state index contributed by atoms with van der Waals surface area (Å²) in [7, 11) is 1.79. The topological polar surface area (TPSA) is 52.6 Å². The molecule has 1 fully saturated rings. The van der Waals surface area contributed by atoms with Gasteiger partial charge in [0.05, 0.1) is 6.04 Å². The predicted octanol–water partition coefficient (Wildman–Crippen LogP) is 0.758. The van der Waals surface area contributed by atoms with Crippen molar-refractivity contribution in [1.82, 2.24) is 10.2 Å². The number of amides is 1. The van der Waals surface area contributed by atoms with E-state index in [1.54, 1.807) is 11.9 Å². The fraction of sp³-hybridized carbons (Fsp3) is 0.500. The summed E-state index contributed by atoms with van der Waals surface area (Å²) in [6.07, 6.45) is 1.77. The van der Waals surface area contributed by atoms with Crippen molar-refractivity contribution in [1.29, 1.82) is 0 Å². The summed E-state index contributed by atoms with van der Waals surface area (Å²) in [5, 5.41) is 12.5. The van der Waals surface area contributed by atoms with E-state index in [0.717, 1.165) is 12.8 Å². The van der Waals surface area contributed by atoms with Gasteiger partial charge in [-0.3, -0.25) is 9.69 Å². The minimum absolute atomic E-state index is 0.0185. The average molecular weight is 248 g/mol. The van der Waals surface area contributed by atoms with Crippen molar-refractivity contribution in [2.75, 3.05) is 13.6 Å². The van der Waals surface area contributed by atoms with E-state index in [1.807, 2.05) is 18.2 Å². The molecule has 0 saturated carbocycles. The highest BCUT2D eigenvalue weighted by atomic mass is 16.3. The van der Waals surface area contributed by atoms with E-state index in [2.05, 4.69) is 17.4 Å². The third-order valence-corrected chi connectivity index (χ3v) is 3.52. The first-order valence-electron chi connectivity index (χ1n) is 6.40. The number of nitrogens with zero attached hydrogens (tertiary/aromatic N) is 1. The Labute approximate surface area is 108 Å². The van der Waals surface area contributed by atoms with Gasteiger partial charge in [-0.15, -0.1) is 0 Å². The zero-order valence-corrected chi connectivity index (χ0v) is 10.7.